The Morgan fingerprint density at radius 1 is 1.28 bits per heavy atom. The fraction of sp³-hybridized carbons (Fsp3) is 0.364. The van der Waals surface area contributed by atoms with E-state index in [1.54, 1.807) is 34.9 Å². The number of rotatable bonds is 4. The molecular formula is C11H14N4S3. The first kappa shape index (κ1) is 13.8. The first-order chi connectivity index (χ1) is 8.63. The van der Waals surface area contributed by atoms with E-state index in [0.29, 0.717) is 6.54 Å². The molecule has 2 heterocycles. The number of nitrogens with two attached hydrogens (primary N) is 1. The van der Waals surface area contributed by atoms with Crippen LogP contribution in [-0.2, 0) is 6.54 Å². The van der Waals surface area contributed by atoms with Gasteiger partial charge in [0.05, 0.1) is 0 Å². The van der Waals surface area contributed by atoms with Crippen LogP contribution in [0.1, 0.15) is 16.8 Å². The zero-order valence-corrected chi connectivity index (χ0v) is 12.9. The Hall–Kier alpha value is -0.630. The summed E-state index contributed by atoms with van der Waals surface area (Å²) in [5.41, 5.74) is 9.07. The molecule has 0 aromatic carbocycles. The molecule has 0 amide bonds. The number of nitrogens with zero attached hydrogens (tertiary/aromatic N) is 3. The summed E-state index contributed by atoms with van der Waals surface area (Å²) in [6.07, 6.45) is 2.00. The lowest BCUT2D eigenvalue weighted by Gasteiger charge is -2.09. The minimum atomic E-state index is 0.496. The SMILES string of the molecule is CSc1nnc(Sc2nc(C)cc(C)c2CN)s1. The number of hydrogen-bond donors (Lipinski definition) is 1. The van der Waals surface area contributed by atoms with Gasteiger partial charge in [0.2, 0.25) is 0 Å². The Balaban J connectivity index is 2.32. The van der Waals surface area contributed by atoms with E-state index in [4.69, 9.17) is 5.73 Å². The van der Waals surface area contributed by atoms with Crippen molar-refractivity contribution in [2.45, 2.75) is 34.1 Å². The van der Waals surface area contributed by atoms with Gasteiger partial charge in [0.15, 0.2) is 8.68 Å². The van der Waals surface area contributed by atoms with Crippen LogP contribution in [0, 0.1) is 13.8 Å². The maximum atomic E-state index is 5.80. The van der Waals surface area contributed by atoms with Gasteiger partial charge in [-0.1, -0.05) is 23.1 Å². The summed E-state index contributed by atoms with van der Waals surface area (Å²) < 4.78 is 1.88. The van der Waals surface area contributed by atoms with Crippen molar-refractivity contribution in [2.24, 2.45) is 5.73 Å². The molecule has 0 aliphatic rings. The van der Waals surface area contributed by atoms with E-state index in [1.807, 2.05) is 13.2 Å². The van der Waals surface area contributed by atoms with Crippen LogP contribution in [0.5, 0.6) is 0 Å². The lowest BCUT2D eigenvalue weighted by atomic mass is 10.1. The summed E-state index contributed by atoms with van der Waals surface area (Å²) in [6.45, 7) is 4.55. The van der Waals surface area contributed by atoms with Gasteiger partial charge in [0.1, 0.15) is 5.03 Å². The van der Waals surface area contributed by atoms with E-state index in [0.717, 1.165) is 25.0 Å². The van der Waals surface area contributed by atoms with E-state index in [2.05, 4.69) is 28.2 Å². The Labute approximate surface area is 119 Å². The molecule has 0 aliphatic heterocycles. The van der Waals surface area contributed by atoms with Gasteiger partial charge in [-0.2, -0.15) is 0 Å². The second kappa shape index (κ2) is 6.01. The van der Waals surface area contributed by atoms with Crippen LogP contribution in [0.4, 0.5) is 0 Å². The second-order valence-corrected chi connectivity index (χ2v) is 6.98. The van der Waals surface area contributed by atoms with Gasteiger partial charge in [-0.25, -0.2) is 4.98 Å². The molecule has 0 bridgehead atoms. The molecule has 0 saturated carbocycles. The Morgan fingerprint density at radius 2 is 2.00 bits per heavy atom. The average molecular weight is 298 g/mol. The van der Waals surface area contributed by atoms with E-state index in [9.17, 15) is 0 Å². The van der Waals surface area contributed by atoms with Gasteiger partial charge in [-0.15, -0.1) is 10.2 Å². The topological polar surface area (TPSA) is 64.7 Å². The van der Waals surface area contributed by atoms with E-state index in [1.165, 1.54) is 5.56 Å². The third kappa shape index (κ3) is 3.03. The highest BCUT2D eigenvalue weighted by Crippen LogP contribution is 2.34. The van der Waals surface area contributed by atoms with Crippen LogP contribution < -0.4 is 5.73 Å². The number of thioether (sulfide) groups is 1. The average Bonchev–Trinajstić information content (AvgIpc) is 2.76. The van der Waals surface area contributed by atoms with E-state index >= 15 is 0 Å². The van der Waals surface area contributed by atoms with Crippen LogP contribution in [0.2, 0.25) is 0 Å². The molecule has 2 aromatic heterocycles. The van der Waals surface area contributed by atoms with Crippen LogP contribution >= 0.6 is 34.9 Å². The highest BCUT2D eigenvalue weighted by molar-refractivity contribution is 8.03. The van der Waals surface area contributed by atoms with Crippen molar-refractivity contribution in [2.75, 3.05) is 6.26 Å². The molecule has 0 fully saturated rings. The second-order valence-electron chi connectivity index (χ2n) is 3.71. The Morgan fingerprint density at radius 3 is 2.61 bits per heavy atom. The molecule has 0 atom stereocenters. The van der Waals surface area contributed by atoms with Crippen molar-refractivity contribution in [1.82, 2.24) is 15.2 Å². The van der Waals surface area contributed by atoms with Crippen molar-refractivity contribution < 1.29 is 0 Å². The van der Waals surface area contributed by atoms with Crippen LogP contribution in [0.15, 0.2) is 19.8 Å². The van der Waals surface area contributed by atoms with Crippen LogP contribution in [0.3, 0.4) is 0 Å². The lowest BCUT2D eigenvalue weighted by Crippen LogP contribution is -2.04. The summed E-state index contributed by atoms with van der Waals surface area (Å²) in [6, 6.07) is 2.06. The molecule has 2 aromatic rings. The van der Waals surface area contributed by atoms with Crippen molar-refractivity contribution in [1.29, 1.82) is 0 Å². The zero-order valence-electron chi connectivity index (χ0n) is 10.4. The van der Waals surface area contributed by atoms with Crippen molar-refractivity contribution >= 4 is 34.9 Å². The van der Waals surface area contributed by atoms with Crippen molar-refractivity contribution in [3.05, 3.63) is 22.9 Å². The normalized spacial score (nSPS) is 10.9. The third-order valence-electron chi connectivity index (χ3n) is 2.39. The smallest absolute Gasteiger partial charge is 0.181 e. The van der Waals surface area contributed by atoms with E-state index < -0.39 is 0 Å². The van der Waals surface area contributed by atoms with Gasteiger partial charge in [0, 0.05) is 17.8 Å². The molecule has 7 heteroatoms. The van der Waals surface area contributed by atoms with Gasteiger partial charge in [0.25, 0.3) is 0 Å². The number of hydrogen-bond acceptors (Lipinski definition) is 7. The maximum absolute atomic E-state index is 5.80. The number of aromatic nitrogens is 3. The Bertz CT molecular complexity index is 553. The summed E-state index contributed by atoms with van der Waals surface area (Å²) in [7, 11) is 0. The lowest BCUT2D eigenvalue weighted by molar-refractivity contribution is 0.914. The molecule has 96 valence electrons. The molecule has 0 unspecified atom stereocenters. The number of pyridine rings is 1. The highest BCUT2D eigenvalue weighted by Gasteiger charge is 2.12. The summed E-state index contributed by atoms with van der Waals surface area (Å²) in [5, 5.41) is 9.17. The molecule has 2 N–H and O–H groups in total. The first-order valence-electron chi connectivity index (χ1n) is 5.36. The fourth-order valence-electron chi connectivity index (χ4n) is 1.57. The van der Waals surface area contributed by atoms with Crippen molar-refractivity contribution in [3.8, 4) is 0 Å². The molecule has 0 spiro atoms. The fourth-order valence-corrected chi connectivity index (χ4v) is 4.17. The molecule has 4 nitrogen and oxygen atoms in total. The zero-order chi connectivity index (χ0) is 13.1. The quantitative estimate of drug-likeness (QED) is 0.876. The molecule has 2 rings (SSSR count). The summed E-state index contributed by atoms with van der Waals surface area (Å²) in [4.78, 5) is 4.55. The minimum absolute atomic E-state index is 0.496. The largest absolute Gasteiger partial charge is 0.326 e. The molecule has 0 radical (unpaired) electrons. The molecule has 18 heavy (non-hydrogen) atoms. The monoisotopic (exact) mass is 298 g/mol. The standard InChI is InChI=1S/C11H14N4S3/c1-6-4-7(2)13-9(8(6)5-12)17-11-15-14-10(16-3)18-11/h4H,5,12H2,1-3H3. The van der Waals surface area contributed by atoms with Gasteiger partial charge < -0.3 is 5.73 Å². The summed E-state index contributed by atoms with van der Waals surface area (Å²) in [5.74, 6) is 0. The maximum Gasteiger partial charge on any atom is 0.181 e. The molecule has 0 saturated heterocycles. The predicted octanol–water partition coefficient (Wildman–Crippen LogP) is 2.88. The van der Waals surface area contributed by atoms with E-state index in [-0.39, 0.29) is 0 Å². The predicted molar refractivity (Wildman–Crippen MR) is 77.4 cm³/mol. The molecule has 0 aliphatic carbocycles. The van der Waals surface area contributed by atoms with Gasteiger partial charge in [-0.05, 0) is 43.5 Å². The highest BCUT2D eigenvalue weighted by atomic mass is 32.2. The van der Waals surface area contributed by atoms with Gasteiger partial charge >= 0.3 is 0 Å². The van der Waals surface area contributed by atoms with Crippen LogP contribution in [-0.4, -0.2) is 21.4 Å². The Kier molecular flexibility index (Phi) is 4.60. The summed E-state index contributed by atoms with van der Waals surface area (Å²) >= 11 is 4.73. The third-order valence-corrected chi connectivity index (χ3v) is 5.37. The molecular weight excluding hydrogens is 284 g/mol. The van der Waals surface area contributed by atoms with Gasteiger partial charge in [-0.3, -0.25) is 0 Å². The van der Waals surface area contributed by atoms with Crippen molar-refractivity contribution in [3.63, 3.8) is 0 Å². The number of aryl methyl sites for hydroxylation is 2. The van der Waals surface area contributed by atoms with Crippen LogP contribution in [0.25, 0.3) is 0 Å². The first-order valence-corrected chi connectivity index (χ1v) is 8.22. The minimum Gasteiger partial charge on any atom is -0.326 e.